The molecular weight excluding hydrogens is 278 g/mol. The third-order valence-electron chi connectivity index (χ3n) is 2.38. The van der Waals surface area contributed by atoms with E-state index in [1.54, 1.807) is 12.1 Å². The Labute approximate surface area is 120 Å². The summed E-state index contributed by atoms with van der Waals surface area (Å²) in [7, 11) is -3.50. The molecule has 0 amide bonds. The van der Waals surface area contributed by atoms with Crippen molar-refractivity contribution in [3.8, 4) is 11.8 Å². The van der Waals surface area contributed by atoms with Crippen molar-refractivity contribution < 1.29 is 18.3 Å². The van der Waals surface area contributed by atoms with Crippen LogP contribution in [0.3, 0.4) is 0 Å². The summed E-state index contributed by atoms with van der Waals surface area (Å²) >= 11 is 0. The molecular formula is C14H19NO4S. The lowest BCUT2D eigenvalue weighted by atomic mass is 10.2. The second-order valence-corrected chi connectivity index (χ2v) is 5.66. The molecule has 0 aliphatic carbocycles. The molecule has 1 aromatic rings. The zero-order valence-corrected chi connectivity index (χ0v) is 12.2. The van der Waals surface area contributed by atoms with Crippen molar-refractivity contribution in [2.75, 3.05) is 26.4 Å². The molecule has 110 valence electrons. The predicted octanol–water partition coefficient (Wildman–Crippen LogP) is 0.735. The Kier molecular flexibility index (Phi) is 7.26. The van der Waals surface area contributed by atoms with E-state index in [1.807, 2.05) is 6.92 Å². The lowest BCUT2D eigenvalue weighted by Gasteiger charge is -2.06. The molecule has 0 aliphatic heterocycles. The van der Waals surface area contributed by atoms with Crippen LogP contribution in [-0.2, 0) is 14.8 Å². The quantitative estimate of drug-likeness (QED) is 0.575. The van der Waals surface area contributed by atoms with Gasteiger partial charge in [-0.3, -0.25) is 0 Å². The van der Waals surface area contributed by atoms with Crippen molar-refractivity contribution >= 4 is 10.0 Å². The molecule has 5 nitrogen and oxygen atoms in total. The summed E-state index contributed by atoms with van der Waals surface area (Å²) in [5.41, 5.74) is 0.715. The largest absolute Gasteiger partial charge is 0.395 e. The number of hydrogen-bond acceptors (Lipinski definition) is 4. The first-order valence-corrected chi connectivity index (χ1v) is 7.85. The summed E-state index contributed by atoms with van der Waals surface area (Å²) < 4.78 is 31.4. The van der Waals surface area contributed by atoms with Crippen LogP contribution in [0.1, 0.15) is 18.9 Å². The van der Waals surface area contributed by atoms with E-state index < -0.39 is 10.0 Å². The van der Waals surface area contributed by atoms with Gasteiger partial charge in [-0.2, -0.15) is 0 Å². The van der Waals surface area contributed by atoms with Gasteiger partial charge in [0, 0.05) is 25.1 Å². The molecule has 6 heteroatoms. The van der Waals surface area contributed by atoms with E-state index in [2.05, 4.69) is 16.6 Å². The number of aliphatic hydroxyl groups excluding tert-OH is 1. The molecule has 0 bridgehead atoms. The van der Waals surface area contributed by atoms with Gasteiger partial charge in [0.1, 0.15) is 0 Å². The maximum absolute atomic E-state index is 11.9. The summed E-state index contributed by atoms with van der Waals surface area (Å²) in [4.78, 5) is 0.196. The number of ether oxygens (including phenoxy) is 1. The van der Waals surface area contributed by atoms with Gasteiger partial charge in [0.2, 0.25) is 10.0 Å². The van der Waals surface area contributed by atoms with E-state index in [0.29, 0.717) is 25.2 Å². The second-order valence-electron chi connectivity index (χ2n) is 3.89. The molecule has 1 rings (SSSR count). The van der Waals surface area contributed by atoms with Crippen molar-refractivity contribution in [2.24, 2.45) is 0 Å². The highest BCUT2D eigenvalue weighted by Crippen LogP contribution is 2.09. The lowest BCUT2D eigenvalue weighted by Crippen LogP contribution is -2.27. The molecule has 0 atom stereocenters. The third kappa shape index (κ3) is 5.72. The zero-order chi connectivity index (χ0) is 14.8. The summed E-state index contributed by atoms with van der Waals surface area (Å²) in [5.74, 6) is 5.62. The number of aliphatic hydroxyl groups is 1. The molecule has 0 unspecified atom stereocenters. The van der Waals surface area contributed by atoms with E-state index in [9.17, 15) is 8.42 Å². The Morgan fingerprint density at radius 3 is 2.60 bits per heavy atom. The summed E-state index contributed by atoms with van der Waals surface area (Å²) in [6, 6.07) is 6.29. The topological polar surface area (TPSA) is 75.6 Å². The average Bonchev–Trinajstić information content (AvgIpc) is 2.45. The van der Waals surface area contributed by atoms with Gasteiger partial charge in [-0.1, -0.05) is 11.8 Å². The molecule has 0 aliphatic rings. The maximum Gasteiger partial charge on any atom is 0.240 e. The molecule has 20 heavy (non-hydrogen) atoms. The minimum atomic E-state index is -3.50. The Bertz CT molecular complexity index is 555. The molecule has 0 fully saturated rings. The van der Waals surface area contributed by atoms with E-state index >= 15 is 0 Å². The Balaban J connectivity index is 2.65. The number of sulfonamides is 1. The first-order chi connectivity index (χ1) is 9.60. The smallest absolute Gasteiger partial charge is 0.240 e. The highest BCUT2D eigenvalue weighted by molar-refractivity contribution is 7.89. The normalized spacial score (nSPS) is 10.9. The number of hydrogen-bond donors (Lipinski definition) is 2. The van der Waals surface area contributed by atoms with Crippen LogP contribution < -0.4 is 4.72 Å². The maximum atomic E-state index is 11.9. The number of benzene rings is 1. The van der Waals surface area contributed by atoms with Gasteiger partial charge in [0.25, 0.3) is 0 Å². The molecule has 2 N–H and O–H groups in total. The van der Waals surface area contributed by atoms with Crippen LogP contribution >= 0.6 is 0 Å². The number of rotatable bonds is 7. The SMILES string of the molecule is CCOCCNS(=O)(=O)c1ccc(C#CCCO)cc1. The Hall–Kier alpha value is -1.39. The van der Waals surface area contributed by atoms with Gasteiger partial charge in [0.15, 0.2) is 0 Å². The average molecular weight is 297 g/mol. The van der Waals surface area contributed by atoms with Gasteiger partial charge in [0.05, 0.1) is 18.1 Å². The Morgan fingerprint density at radius 1 is 1.30 bits per heavy atom. The van der Waals surface area contributed by atoms with Crippen molar-refractivity contribution in [1.82, 2.24) is 4.72 Å². The highest BCUT2D eigenvalue weighted by atomic mass is 32.2. The van der Waals surface area contributed by atoms with Crippen LogP contribution in [-0.4, -0.2) is 39.9 Å². The van der Waals surface area contributed by atoms with Gasteiger partial charge < -0.3 is 9.84 Å². The van der Waals surface area contributed by atoms with E-state index in [4.69, 9.17) is 9.84 Å². The van der Waals surface area contributed by atoms with Crippen molar-refractivity contribution in [1.29, 1.82) is 0 Å². The summed E-state index contributed by atoms with van der Waals surface area (Å²) in [5, 5.41) is 8.62. The van der Waals surface area contributed by atoms with Gasteiger partial charge in [-0.05, 0) is 31.2 Å². The van der Waals surface area contributed by atoms with Crippen LogP contribution in [0.2, 0.25) is 0 Å². The monoisotopic (exact) mass is 297 g/mol. The molecule has 0 heterocycles. The van der Waals surface area contributed by atoms with Crippen LogP contribution in [0.25, 0.3) is 0 Å². The fourth-order valence-corrected chi connectivity index (χ4v) is 2.43. The third-order valence-corrected chi connectivity index (χ3v) is 3.85. The van der Waals surface area contributed by atoms with Crippen LogP contribution in [0.4, 0.5) is 0 Å². The highest BCUT2D eigenvalue weighted by Gasteiger charge is 2.12. The molecule has 0 radical (unpaired) electrons. The van der Waals surface area contributed by atoms with E-state index in [-0.39, 0.29) is 18.0 Å². The van der Waals surface area contributed by atoms with Crippen molar-refractivity contribution in [3.05, 3.63) is 29.8 Å². The second kappa shape index (κ2) is 8.72. The standard InChI is InChI=1S/C14H19NO4S/c1-2-19-12-10-15-20(17,18)14-8-6-13(7-9-14)5-3-4-11-16/h6-9,15-16H,2,4,10-12H2,1H3. The van der Waals surface area contributed by atoms with Gasteiger partial charge >= 0.3 is 0 Å². The van der Waals surface area contributed by atoms with Crippen LogP contribution in [0, 0.1) is 11.8 Å². The number of nitrogens with one attached hydrogen (secondary N) is 1. The summed E-state index contributed by atoms with van der Waals surface area (Å²) in [6.45, 7) is 3.02. The zero-order valence-electron chi connectivity index (χ0n) is 11.4. The van der Waals surface area contributed by atoms with Gasteiger partial charge in [-0.25, -0.2) is 13.1 Å². The summed E-state index contributed by atoms with van der Waals surface area (Å²) in [6.07, 6.45) is 0.402. The first kappa shape index (κ1) is 16.7. The van der Waals surface area contributed by atoms with Crippen LogP contribution in [0.5, 0.6) is 0 Å². The minimum Gasteiger partial charge on any atom is -0.395 e. The lowest BCUT2D eigenvalue weighted by molar-refractivity contribution is 0.153. The van der Waals surface area contributed by atoms with Crippen LogP contribution in [0.15, 0.2) is 29.2 Å². The van der Waals surface area contributed by atoms with E-state index in [1.165, 1.54) is 12.1 Å². The fraction of sp³-hybridized carbons (Fsp3) is 0.429. The fourth-order valence-electron chi connectivity index (χ4n) is 1.41. The van der Waals surface area contributed by atoms with Crippen molar-refractivity contribution in [2.45, 2.75) is 18.2 Å². The predicted molar refractivity (Wildman–Crippen MR) is 76.7 cm³/mol. The molecule has 1 aromatic carbocycles. The molecule has 0 spiro atoms. The minimum absolute atomic E-state index is 0.0171. The first-order valence-electron chi connectivity index (χ1n) is 6.37. The van der Waals surface area contributed by atoms with E-state index in [0.717, 1.165) is 0 Å². The Morgan fingerprint density at radius 2 is 2.00 bits per heavy atom. The van der Waals surface area contributed by atoms with Crippen molar-refractivity contribution in [3.63, 3.8) is 0 Å². The van der Waals surface area contributed by atoms with Gasteiger partial charge in [-0.15, -0.1) is 0 Å². The molecule has 0 saturated carbocycles. The molecule has 0 aromatic heterocycles. The molecule has 0 saturated heterocycles.